The number of alkyl halides is 3. The van der Waals surface area contributed by atoms with Crippen LogP contribution in [0.15, 0.2) is 54.9 Å². The molecule has 2 heterocycles. The second kappa shape index (κ2) is 9.71. The summed E-state index contributed by atoms with van der Waals surface area (Å²) in [6, 6.07) is 12.1. The van der Waals surface area contributed by atoms with E-state index >= 15 is 0 Å². The molecule has 0 aliphatic carbocycles. The topological polar surface area (TPSA) is 103 Å². The third-order valence-corrected chi connectivity index (χ3v) is 4.56. The van der Waals surface area contributed by atoms with Crippen molar-refractivity contribution in [2.45, 2.75) is 31.8 Å². The third kappa shape index (κ3) is 5.89. The zero-order valence-electron chi connectivity index (χ0n) is 16.6. The summed E-state index contributed by atoms with van der Waals surface area (Å²) >= 11 is 0. The Labute approximate surface area is 177 Å². The first kappa shape index (κ1) is 22.4. The molecule has 0 saturated heterocycles. The number of nitrogens with one attached hydrogen (secondary N) is 2. The van der Waals surface area contributed by atoms with Crippen molar-refractivity contribution in [3.05, 3.63) is 66.0 Å². The number of hydrogen-bond acceptors (Lipinski definition) is 7. The SMILES string of the molecule is C[C@@H](O)[C@H](CO)Nc1nc(NCc2ccc(-c3ccccn3)cc2)ncc1C(F)(F)F. The van der Waals surface area contributed by atoms with Gasteiger partial charge in [0.2, 0.25) is 5.95 Å². The number of nitrogens with zero attached hydrogens (tertiary/aromatic N) is 3. The molecule has 0 unspecified atom stereocenters. The van der Waals surface area contributed by atoms with Crippen LogP contribution < -0.4 is 10.6 Å². The molecule has 4 N–H and O–H groups in total. The van der Waals surface area contributed by atoms with Crippen LogP contribution in [0.4, 0.5) is 24.9 Å². The van der Waals surface area contributed by atoms with Gasteiger partial charge in [-0.3, -0.25) is 4.98 Å². The molecule has 0 bridgehead atoms. The Morgan fingerprint density at radius 3 is 2.39 bits per heavy atom. The van der Waals surface area contributed by atoms with Crippen molar-refractivity contribution in [1.29, 1.82) is 0 Å². The van der Waals surface area contributed by atoms with Gasteiger partial charge in [0.05, 0.1) is 24.4 Å². The summed E-state index contributed by atoms with van der Waals surface area (Å²) in [6.07, 6.45) is -3.41. The fourth-order valence-corrected chi connectivity index (χ4v) is 2.79. The van der Waals surface area contributed by atoms with Crippen LogP contribution in [-0.2, 0) is 12.7 Å². The molecule has 0 fully saturated rings. The Morgan fingerprint density at radius 2 is 1.81 bits per heavy atom. The summed E-state index contributed by atoms with van der Waals surface area (Å²) in [4.78, 5) is 11.9. The minimum Gasteiger partial charge on any atom is -0.394 e. The van der Waals surface area contributed by atoms with Gasteiger partial charge in [0.15, 0.2) is 0 Å². The Morgan fingerprint density at radius 1 is 1.06 bits per heavy atom. The van der Waals surface area contributed by atoms with Crippen molar-refractivity contribution in [2.24, 2.45) is 0 Å². The molecule has 2 aromatic heterocycles. The average Bonchev–Trinajstić information content (AvgIpc) is 2.76. The third-order valence-electron chi connectivity index (χ3n) is 4.56. The monoisotopic (exact) mass is 433 g/mol. The predicted molar refractivity (Wildman–Crippen MR) is 110 cm³/mol. The molecular formula is C21H22F3N5O2. The molecule has 2 atom stereocenters. The van der Waals surface area contributed by atoms with E-state index in [0.717, 1.165) is 16.8 Å². The minimum absolute atomic E-state index is 0.0217. The molecule has 0 aliphatic rings. The molecule has 31 heavy (non-hydrogen) atoms. The molecule has 164 valence electrons. The van der Waals surface area contributed by atoms with E-state index in [-0.39, 0.29) is 12.5 Å². The lowest BCUT2D eigenvalue weighted by Crippen LogP contribution is -2.36. The number of halogens is 3. The van der Waals surface area contributed by atoms with E-state index in [1.807, 2.05) is 42.5 Å². The van der Waals surface area contributed by atoms with E-state index in [9.17, 15) is 23.4 Å². The molecule has 1 aromatic carbocycles. The van der Waals surface area contributed by atoms with Crippen molar-refractivity contribution >= 4 is 11.8 Å². The molecular weight excluding hydrogens is 411 g/mol. The van der Waals surface area contributed by atoms with Crippen LogP contribution in [-0.4, -0.2) is 43.9 Å². The van der Waals surface area contributed by atoms with Crippen LogP contribution in [0, 0.1) is 0 Å². The minimum atomic E-state index is -4.69. The summed E-state index contributed by atoms with van der Waals surface area (Å²) in [7, 11) is 0. The second-order valence-corrected chi connectivity index (χ2v) is 6.89. The largest absolute Gasteiger partial charge is 0.421 e. The van der Waals surface area contributed by atoms with E-state index in [1.54, 1.807) is 6.20 Å². The van der Waals surface area contributed by atoms with E-state index in [1.165, 1.54) is 6.92 Å². The number of aliphatic hydroxyl groups is 2. The zero-order valence-corrected chi connectivity index (χ0v) is 16.6. The van der Waals surface area contributed by atoms with Gasteiger partial charge in [-0.05, 0) is 24.6 Å². The molecule has 0 radical (unpaired) electrons. The fraction of sp³-hybridized carbons (Fsp3) is 0.286. The number of rotatable bonds is 8. The van der Waals surface area contributed by atoms with E-state index in [0.29, 0.717) is 6.20 Å². The summed E-state index contributed by atoms with van der Waals surface area (Å²) in [6.45, 7) is 1.08. The van der Waals surface area contributed by atoms with Gasteiger partial charge in [-0.15, -0.1) is 0 Å². The van der Waals surface area contributed by atoms with Gasteiger partial charge in [-0.1, -0.05) is 30.3 Å². The maximum absolute atomic E-state index is 13.3. The van der Waals surface area contributed by atoms with Crippen LogP contribution in [0.3, 0.4) is 0 Å². The zero-order chi connectivity index (χ0) is 22.4. The number of aromatic nitrogens is 3. The number of aliphatic hydroxyl groups excluding tert-OH is 2. The van der Waals surface area contributed by atoms with Crippen LogP contribution >= 0.6 is 0 Å². The van der Waals surface area contributed by atoms with Gasteiger partial charge < -0.3 is 20.8 Å². The van der Waals surface area contributed by atoms with Crippen molar-refractivity contribution < 1.29 is 23.4 Å². The first-order valence-corrected chi connectivity index (χ1v) is 9.52. The Kier molecular flexibility index (Phi) is 7.03. The lowest BCUT2D eigenvalue weighted by Gasteiger charge is -2.22. The van der Waals surface area contributed by atoms with Gasteiger partial charge in [-0.2, -0.15) is 18.2 Å². The number of benzene rings is 1. The number of hydrogen-bond donors (Lipinski definition) is 4. The molecule has 3 aromatic rings. The molecule has 10 heteroatoms. The highest BCUT2D eigenvalue weighted by Crippen LogP contribution is 2.34. The molecule has 7 nitrogen and oxygen atoms in total. The van der Waals surface area contributed by atoms with Gasteiger partial charge in [0.25, 0.3) is 0 Å². The molecule has 0 saturated carbocycles. The maximum Gasteiger partial charge on any atom is 0.421 e. The molecule has 3 rings (SSSR count). The van der Waals surface area contributed by atoms with Crippen LogP contribution in [0.2, 0.25) is 0 Å². The van der Waals surface area contributed by atoms with E-state index in [4.69, 9.17) is 0 Å². The standard InChI is InChI=1S/C21H22F3N5O2/c1-13(31)18(12-30)28-19-16(21(22,23)24)11-27-20(29-19)26-10-14-5-7-15(8-6-14)17-4-2-3-9-25-17/h2-9,11,13,18,30-31H,10,12H2,1H3,(H2,26,27,28,29)/t13-,18+/m1/s1. The lowest BCUT2D eigenvalue weighted by molar-refractivity contribution is -0.137. The lowest BCUT2D eigenvalue weighted by atomic mass is 10.1. The Bertz CT molecular complexity index is 983. The number of anilines is 2. The van der Waals surface area contributed by atoms with Crippen molar-refractivity contribution in [1.82, 2.24) is 15.0 Å². The highest BCUT2D eigenvalue weighted by molar-refractivity contribution is 5.59. The summed E-state index contributed by atoms with van der Waals surface area (Å²) < 4.78 is 39.9. The van der Waals surface area contributed by atoms with Gasteiger partial charge in [-0.25, -0.2) is 4.98 Å². The summed E-state index contributed by atoms with van der Waals surface area (Å²) in [5.74, 6) is -0.540. The van der Waals surface area contributed by atoms with E-state index < -0.39 is 36.3 Å². The average molecular weight is 433 g/mol. The predicted octanol–water partition coefficient (Wildman–Crippen LogP) is 3.32. The Hall–Kier alpha value is -3.24. The smallest absolute Gasteiger partial charge is 0.394 e. The maximum atomic E-state index is 13.3. The molecule has 0 spiro atoms. The van der Waals surface area contributed by atoms with Gasteiger partial charge in [0, 0.05) is 24.5 Å². The number of pyridine rings is 1. The first-order valence-electron chi connectivity index (χ1n) is 9.52. The molecule has 0 amide bonds. The van der Waals surface area contributed by atoms with Crippen molar-refractivity contribution in [3.8, 4) is 11.3 Å². The normalized spacial score (nSPS) is 13.5. The van der Waals surface area contributed by atoms with Crippen LogP contribution in [0.25, 0.3) is 11.3 Å². The summed E-state index contributed by atoms with van der Waals surface area (Å²) in [5.41, 5.74) is 1.56. The fourth-order valence-electron chi connectivity index (χ4n) is 2.79. The van der Waals surface area contributed by atoms with Crippen LogP contribution in [0.1, 0.15) is 18.1 Å². The van der Waals surface area contributed by atoms with Crippen LogP contribution in [0.5, 0.6) is 0 Å². The van der Waals surface area contributed by atoms with Gasteiger partial charge in [0.1, 0.15) is 11.4 Å². The van der Waals surface area contributed by atoms with Crippen molar-refractivity contribution in [3.63, 3.8) is 0 Å². The quantitative estimate of drug-likeness (QED) is 0.432. The second-order valence-electron chi connectivity index (χ2n) is 6.89. The molecule has 0 aliphatic heterocycles. The highest BCUT2D eigenvalue weighted by Gasteiger charge is 2.36. The van der Waals surface area contributed by atoms with E-state index in [2.05, 4.69) is 25.6 Å². The summed E-state index contributed by atoms with van der Waals surface area (Å²) in [5, 5.41) is 24.3. The van der Waals surface area contributed by atoms with Gasteiger partial charge >= 0.3 is 6.18 Å². The Balaban J connectivity index is 1.74. The van der Waals surface area contributed by atoms with Crippen molar-refractivity contribution in [2.75, 3.05) is 17.2 Å². The highest BCUT2D eigenvalue weighted by atomic mass is 19.4. The first-order chi connectivity index (χ1) is 14.8.